The topological polar surface area (TPSA) is 23.8 Å². The van der Waals surface area contributed by atoms with Crippen LogP contribution in [0.3, 0.4) is 0 Å². The van der Waals surface area contributed by atoms with Gasteiger partial charge in [-0.2, -0.15) is 5.26 Å². The van der Waals surface area contributed by atoms with Crippen LogP contribution in [0.2, 0.25) is 0 Å². The highest BCUT2D eigenvalue weighted by molar-refractivity contribution is 6.33. The molecule has 0 aromatic heterocycles. The maximum absolute atomic E-state index is 9.53. The van der Waals surface area contributed by atoms with Crippen molar-refractivity contribution in [1.29, 1.82) is 5.26 Å². The lowest BCUT2D eigenvalue weighted by Gasteiger charge is -2.22. The molecule has 0 bridgehead atoms. The van der Waals surface area contributed by atoms with E-state index in [0.717, 1.165) is 5.56 Å². The average molecular weight is 496 g/mol. The quantitative estimate of drug-likeness (QED) is 0.208. The molecule has 0 aliphatic heterocycles. The molecular formula is C38H25N. The fourth-order valence-corrected chi connectivity index (χ4v) is 6.98. The van der Waals surface area contributed by atoms with E-state index < -0.39 is 0 Å². The van der Waals surface area contributed by atoms with E-state index in [9.17, 15) is 5.26 Å². The van der Waals surface area contributed by atoms with E-state index in [0.29, 0.717) is 0 Å². The summed E-state index contributed by atoms with van der Waals surface area (Å²) in [6.07, 6.45) is 0. The van der Waals surface area contributed by atoms with Crippen LogP contribution in [0.1, 0.15) is 30.5 Å². The maximum Gasteiger partial charge on any atom is 0.0991 e. The highest BCUT2D eigenvalue weighted by Crippen LogP contribution is 2.51. The summed E-state index contributed by atoms with van der Waals surface area (Å²) in [7, 11) is 0. The van der Waals surface area contributed by atoms with Crippen LogP contribution in [0.5, 0.6) is 0 Å². The van der Waals surface area contributed by atoms with Gasteiger partial charge in [0.15, 0.2) is 0 Å². The molecule has 0 amide bonds. The van der Waals surface area contributed by atoms with E-state index in [1.807, 2.05) is 6.07 Å². The third-order valence-corrected chi connectivity index (χ3v) is 8.86. The van der Waals surface area contributed by atoms with Crippen molar-refractivity contribution in [3.8, 4) is 28.3 Å². The lowest BCUT2D eigenvalue weighted by Crippen LogP contribution is -2.15. The number of hydrogen-bond acceptors (Lipinski definition) is 1. The van der Waals surface area contributed by atoms with Gasteiger partial charge in [-0.1, -0.05) is 105 Å². The molecule has 0 radical (unpaired) electrons. The van der Waals surface area contributed by atoms with E-state index in [-0.39, 0.29) is 5.41 Å². The number of rotatable bonds is 1. The summed E-state index contributed by atoms with van der Waals surface area (Å²) in [5.74, 6) is 0. The van der Waals surface area contributed by atoms with Crippen molar-refractivity contribution in [3.63, 3.8) is 0 Å². The average Bonchev–Trinajstić information content (AvgIpc) is 3.21. The van der Waals surface area contributed by atoms with Gasteiger partial charge in [-0.15, -0.1) is 0 Å². The summed E-state index contributed by atoms with van der Waals surface area (Å²) < 4.78 is 0. The second kappa shape index (κ2) is 7.79. The highest BCUT2D eigenvalue weighted by Gasteiger charge is 2.36. The molecule has 182 valence electrons. The monoisotopic (exact) mass is 495 g/mol. The highest BCUT2D eigenvalue weighted by atomic mass is 14.4. The third-order valence-electron chi connectivity index (χ3n) is 8.86. The van der Waals surface area contributed by atoms with Crippen molar-refractivity contribution in [3.05, 3.63) is 132 Å². The van der Waals surface area contributed by atoms with Crippen LogP contribution in [0.15, 0.2) is 115 Å². The summed E-state index contributed by atoms with van der Waals surface area (Å²) in [5, 5.41) is 19.9. The van der Waals surface area contributed by atoms with Gasteiger partial charge in [0.2, 0.25) is 0 Å². The first-order chi connectivity index (χ1) is 19.1. The van der Waals surface area contributed by atoms with Gasteiger partial charge in [-0.3, -0.25) is 0 Å². The van der Waals surface area contributed by atoms with Crippen molar-refractivity contribution in [2.75, 3.05) is 0 Å². The van der Waals surface area contributed by atoms with Crippen molar-refractivity contribution in [1.82, 2.24) is 0 Å². The second-order valence-electron chi connectivity index (χ2n) is 11.2. The van der Waals surface area contributed by atoms with Gasteiger partial charge in [-0.05, 0) is 101 Å². The zero-order chi connectivity index (χ0) is 26.3. The van der Waals surface area contributed by atoms with Crippen LogP contribution in [0, 0.1) is 11.3 Å². The zero-order valence-corrected chi connectivity index (χ0v) is 21.9. The van der Waals surface area contributed by atoms with Gasteiger partial charge in [0.25, 0.3) is 0 Å². The molecule has 1 aliphatic rings. The fraction of sp³-hybridized carbons (Fsp3) is 0.0789. The normalized spacial score (nSPS) is 13.6. The molecule has 0 fully saturated rings. The maximum atomic E-state index is 9.53. The Morgan fingerprint density at radius 2 is 1.00 bits per heavy atom. The Morgan fingerprint density at radius 3 is 1.67 bits per heavy atom. The number of hydrogen-bond donors (Lipinski definition) is 0. The molecule has 7 aromatic carbocycles. The van der Waals surface area contributed by atoms with Crippen molar-refractivity contribution < 1.29 is 0 Å². The molecule has 0 spiro atoms. The molecule has 1 aliphatic carbocycles. The summed E-state index contributed by atoms with van der Waals surface area (Å²) in [6.45, 7) is 4.56. The molecule has 0 atom stereocenters. The van der Waals surface area contributed by atoms with Crippen molar-refractivity contribution in [2.24, 2.45) is 0 Å². The first-order valence-corrected chi connectivity index (χ1v) is 13.5. The van der Waals surface area contributed by atoms with Gasteiger partial charge in [0.1, 0.15) is 0 Å². The van der Waals surface area contributed by atoms with Crippen LogP contribution in [0.4, 0.5) is 0 Å². The number of nitrogens with zero attached hydrogens (tertiary/aromatic N) is 1. The molecule has 1 nitrogen and oxygen atoms in total. The van der Waals surface area contributed by atoms with E-state index in [4.69, 9.17) is 0 Å². The Kier molecular flexibility index (Phi) is 4.41. The standard InChI is InChI=1S/C38H25N/c1-38(2)35-19-23(22-39)15-17-29(35)30-18-16-24(20-36(30)38)33-21-34-27-11-4-3-9-25(27)26-10-5-7-13-31(26)37(34)32-14-8-6-12-28(32)33/h3-21H,1-2H3. The Hall–Kier alpha value is -4.93. The van der Waals surface area contributed by atoms with Crippen LogP contribution in [-0.2, 0) is 5.41 Å². The number of benzene rings is 7. The third kappa shape index (κ3) is 2.95. The number of nitriles is 1. The van der Waals surface area contributed by atoms with Gasteiger partial charge in [0.05, 0.1) is 11.6 Å². The van der Waals surface area contributed by atoms with E-state index >= 15 is 0 Å². The van der Waals surface area contributed by atoms with E-state index in [1.165, 1.54) is 76.5 Å². The Bertz CT molecular complexity index is 2210. The molecule has 8 rings (SSSR count). The molecule has 1 heteroatoms. The Morgan fingerprint density at radius 1 is 0.487 bits per heavy atom. The Labute approximate surface area is 227 Å². The molecule has 0 saturated carbocycles. The summed E-state index contributed by atoms with van der Waals surface area (Å²) in [5.41, 5.74) is 8.08. The molecule has 0 heterocycles. The van der Waals surface area contributed by atoms with Crippen LogP contribution in [-0.4, -0.2) is 0 Å². The molecule has 39 heavy (non-hydrogen) atoms. The predicted octanol–water partition coefficient (Wildman–Crippen LogP) is 10.1. The fourth-order valence-electron chi connectivity index (χ4n) is 6.98. The molecule has 0 unspecified atom stereocenters. The van der Waals surface area contributed by atoms with Gasteiger partial charge in [-0.25, -0.2) is 0 Å². The molecular weight excluding hydrogens is 470 g/mol. The summed E-state index contributed by atoms with van der Waals surface area (Å²) in [6, 6.07) is 44.2. The van der Waals surface area contributed by atoms with Crippen LogP contribution in [0.25, 0.3) is 65.3 Å². The zero-order valence-electron chi connectivity index (χ0n) is 21.9. The van der Waals surface area contributed by atoms with Crippen molar-refractivity contribution >= 4 is 43.1 Å². The minimum atomic E-state index is -0.177. The van der Waals surface area contributed by atoms with E-state index in [1.54, 1.807) is 0 Å². The lowest BCUT2D eigenvalue weighted by molar-refractivity contribution is 0.660. The second-order valence-corrected chi connectivity index (χ2v) is 11.2. The van der Waals surface area contributed by atoms with Gasteiger partial charge >= 0.3 is 0 Å². The van der Waals surface area contributed by atoms with Gasteiger partial charge in [0, 0.05) is 5.41 Å². The molecule has 0 N–H and O–H groups in total. The SMILES string of the molecule is CC1(C)c2cc(C#N)ccc2-c2ccc(-c3cc4c5ccccc5c5ccccc5c4c4ccccc34)cc21. The molecule has 0 saturated heterocycles. The largest absolute Gasteiger partial charge is 0.192 e. The van der Waals surface area contributed by atoms with Crippen molar-refractivity contribution in [2.45, 2.75) is 19.3 Å². The van der Waals surface area contributed by atoms with Gasteiger partial charge < -0.3 is 0 Å². The first kappa shape index (κ1) is 22.1. The minimum Gasteiger partial charge on any atom is -0.192 e. The predicted molar refractivity (Wildman–Crippen MR) is 164 cm³/mol. The first-order valence-electron chi connectivity index (χ1n) is 13.5. The van der Waals surface area contributed by atoms with Crippen LogP contribution < -0.4 is 0 Å². The lowest BCUT2D eigenvalue weighted by atomic mass is 9.80. The Balaban J connectivity index is 1.47. The van der Waals surface area contributed by atoms with E-state index in [2.05, 4.69) is 129 Å². The smallest absolute Gasteiger partial charge is 0.0991 e. The minimum absolute atomic E-state index is 0.177. The summed E-state index contributed by atoms with van der Waals surface area (Å²) in [4.78, 5) is 0. The van der Waals surface area contributed by atoms with Crippen LogP contribution >= 0.6 is 0 Å². The molecule has 7 aromatic rings. The number of fused-ring (bicyclic) bond motifs is 11. The summed E-state index contributed by atoms with van der Waals surface area (Å²) >= 11 is 0.